The molecule has 1 nitrogen and oxygen atoms in total. The molecule has 2 N–H and O–H groups in total. The van der Waals surface area contributed by atoms with Crippen molar-refractivity contribution in [3.05, 3.63) is 0 Å². The van der Waals surface area contributed by atoms with Crippen LogP contribution >= 0.6 is 11.9 Å². The molecule has 1 rings (SSSR count). The van der Waals surface area contributed by atoms with E-state index in [4.69, 9.17) is 5.14 Å². The predicted octanol–water partition coefficient (Wildman–Crippen LogP) is 1.39. The Bertz CT molecular complexity index is 52.0. The maximum Gasteiger partial charge on any atom is 0.00790 e. The van der Waals surface area contributed by atoms with E-state index in [1.54, 1.807) is 0 Å². The monoisotopic (exact) mass is 117 g/mol. The zero-order valence-corrected chi connectivity index (χ0v) is 5.21. The van der Waals surface area contributed by atoms with E-state index in [9.17, 15) is 0 Å². The molecule has 0 aromatic heterocycles. The smallest absolute Gasteiger partial charge is 0.00790 e. The molecular formula is C5H11NS. The molecule has 1 fully saturated rings. The third kappa shape index (κ3) is 2.19. The van der Waals surface area contributed by atoms with E-state index in [0.29, 0.717) is 0 Å². The van der Waals surface area contributed by atoms with Crippen LogP contribution in [0.15, 0.2) is 0 Å². The van der Waals surface area contributed by atoms with E-state index in [-0.39, 0.29) is 0 Å². The lowest BCUT2D eigenvalue weighted by atomic mass is 10.3. The van der Waals surface area contributed by atoms with Crippen molar-refractivity contribution in [3.63, 3.8) is 0 Å². The molecule has 1 aliphatic carbocycles. The summed E-state index contributed by atoms with van der Waals surface area (Å²) in [6.07, 6.45) is 4.27. The minimum Gasteiger partial charge on any atom is -0.278 e. The van der Waals surface area contributed by atoms with Gasteiger partial charge in [0, 0.05) is 5.75 Å². The Labute approximate surface area is 48.8 Å². The van der Waals surface area contributed by atoms with Gasteiger partial charge in [0.15, 0.2) is 0 Å². The summed E-state index contributed by atoms with van der Waals surface area (Å²) in [5, 5.41) is 5.22. The maximum absolute atomic E-state index is 5.22. The van der Waals surface area contributed by atoms with Crippen LogP contribution in [0.25, 0.3) is 0 Å². The highest BCUT2D eigenvalue weighted by molar-refractivity contribution is 7.97. The normalized spacial score (nSPS) is 20.1. The third-order valence-corrected chi connectivity index (χ3v) is 1.81. The van der Waals surface area contributed by atoms with Crippen molar-refractivity contribution in [2.45, 2.75) is 19.3 Å². The number of nitrogens with two attached hydrogens (primary N) is 1. The molecule has 0 amide bonds. The maximum atomic E-state index is 5.22. The second kappa shape index (κ2) is 2.58. The summed E-state index contributed by atoms with van der Waals surface area (Å²) >= 11 is 1.47. The summed E-state index contributed by atoms with van der Waals surface area (Å²) in [4.78, 5) is 0. The van der Waals surface area contributed by atoms with Gasteiger partial charge in [-0.05, 0) is 12.3 Å². The van der Waals surface area contributed by atoms with Crippen LogP contribution in [0.3, 0.4) is 0 Å². The fraction of sp³-hybridized carbons (Fsp3) is 1.00. The highest BCUT2D eigenvalue weighted by Crippen LogP contribution is 2.32. The second-order valence-corrected chi connectivity index (χ2v) is 2.84. The Morgan fingerprint density at radius 2 is 2.29 bits per heavy atom. The lowest BCUT2D eigenvalue weighted by Crippen LogP contribution is -1.85. The standard InChI is InChI=1S/C5H11NS/c6-7-4-3-5-1-2-5/h5H,1-4,6H2. The average Bonchev–Trinajstić information content (AvgIpc) is 2.42. The van der Waals surface area contributed by atoms with E-state index < -0.39 is 0 Å². The summed E-state index contributed by atoms with van der Waals surface area (Å²) < 4.78 is 0. The van der Waals surface area contributed by atoms with Gasteiger partial charge in [0.25, 0.3) is 0 Å². The third-order valence-electron chi connectivity index (χ3n) is 1.34. The summed E-state index contributed by atoms with van der Waals surface area (Å²) in [5.74, 6) is 2.21. The zero-order chi connectivity index (χ0) is 5.11. The van der Waals surface area contributed by atoms with Gasteiger partial charge < -0.3 is 0 Å². The van der Waals surface area contributed by atoms with Gasteiger partial charge in [-0.15, -0.1) is 0 Å². The molecule has 1 saturated carbocycles. The summed E-state index contributed by atoms with van der Waals surface area (Å²) in [6, 6.07) is 0. The van der Waals surface area contributed by atoms with Crippen LogP contribution in [0.2, 0.25) is 0 Å². The van der Waals surface area contributed by atoms with Crippen molar-refractivity contribution >= 4 is 11.9 Å². The van der Waals surface area contributed by atoms with Gasteiger partial charge in [-0.2, -0.15) is 0 Å². The molecule has 0 saturated heterocycles. The molecule has 0 heterocycles. The van der Waals surface area contributed by atoms with Crippen molar-refractivity contribution in [2.24, 2.45) is 11.1 Å². The fourth-order valence-corrected chi connectivity index (χ4v) is 1.11. The first-order chi connectivity index (χ1) is 3.43. The highest BCUT2D eigenvalue weighted by atomic mass is 32.2. The van der Waals surface area contributed by atoms with Gasteiger partial charge in [0.05, 0.1) is 0 Å². The molecule has 42 valence electrons. The van der Waals surface area contributed by atoms with Crippen LogP contribution in [0, 0.1) is 5.92 Å². The zero-order valence-electron chi connectivity index (χ0n) is 4.39. The Balaban J connectivity index is 1.80. The lowest BCUT2D eigenvalue weighted by molar-refractivity contribution is 0.809. The number of rotatable bonds is 3. The van der Waals surface area contributed by atoms with Gasteiger partial charge in [-0.3, -0.25) is 5.14 Å². The molecule has 0 radical (unpaired) electrons. The van der Waals surface area contributed by atoms with Crippen LogP contribution in [0.5, 0.6) is 0 Å². The average molecular weight is 117 g/mol. The van der Waals surface area contributed by atoms with Crippen molar-refractivity contribution in [1.82, 2.24) is 0 Å². The van der Waals surface area contributed by atoms with Crippen LogP contribution in [-0.2, 0) is 0 Å². The second-order valence-electron chi connectivity index (χ2n) is 2.10. The summed E-state index contributed by atoms with van der Waals surface area (Å²) in [5.41, 5.74) is 0. The molecular weight excluding hydrogens is 106 g/mol. The lowest BCUT2D eigenvalue weighted by Gasteiger charge is -1.88. The van der Waals surface area contributed by atoms with Gasteiger partial charge in [0.1, 0.15) is 0 Å². The van der Waals surface area contributed by atoms with Gasteiger partial charge in [0.2, 0.25) is 0 Å². The first-order valence-corrected chi connectivity index (χ1v) is 3.80. The Morgan fingerprint density at radius 1 is 1.57 bits per heavy atom. The van der Waals surface area contributed by atoms with Crippen molar-refractivity contribution in [2.75, 3.05) is 5.75 Å². The molecule has 0 spiro atoms. The Hall–Kier alpha value is 0.310. The van der Waals surface area contributed by atoms with Crippen LogP contribution in [-0.4, -0.2) is 5.75 Å². The molecule has 7 heavy (non-hydrogen) atoms. The molecule has 0 aromatic rings. The van der Waals surface area contributed by atoms with Crippen LogP contribution in [0.1, 0.15) is 19.3 Å². The van der Waals surface area contributed by atoms with Gasteiger partial charge in [-0.25, -0.2) is 0 Å². The predicted molar refractivity (Wildman–Crippen MR) is 34.0 cm³/mol. The minimum absolute atomic E-state index is 1.05. The number of hydrogen-bond acceptors (Lipinski definition) is 2. The molecule has 0 aliphatic heterocycles. The molecule has 2 heteroatoms. The first-order valence-electron chi connectivity index (χ1n) is 2.75. The van der Waals surface area contributed by atoms with E-state index in [2.05, 4.69) is 0 Å². The topological polar surface area (TPSA) is 26.0 Å². The minimum atomic E-state index is 1.05. The molecule has 0 aromatic carbocycles. The largest absolute Gasteiger partial charge is 0.278 e. The van der Waals surface area contributed by atoms with Gasteiger partial charge in [-0.1, -0.05) is 24.8 Å². The number of hydrogen-bond donors (Lipinski definition) is 1. The van der Waals surface area contributed by atoms with Crippen LogP contribution < -0.4 is 5.14 Å². The first kappa shape index (κ1) is 5.45. The van der Waals surface area contributed by atoms with Gasteiger partial charge >= 0.3 is 0 Å². The van der Waals surface area contributed by atoms with Crippen molar-refractivity contribution < 1.29 is 0 Å². The molecule has 0 unspecified atom stereocenters. The molecule has 0 bridgehead atoms. The Morgan fingerprint density at radius 3 is 2.71 bits per heavy atom. The summed E-state index contributed by atoms with van der Waals surface area (Å²) in [6.45, 7) is 0. The van der Waals surface area contributed by atoms with E-state index >= 15 is 0 Å². The quantitative estimate of drug-likeness (QED) is 0.565. The van der Waals surface area contributed by atoms with E-state index in [1.165, 1.54) is 31.2 Å². The SMILES string of the molecule is NSCCC1CC1. The summed E-state index contributed by atoms with van der Waals surface area (Å²) in [7, 11) is 0. The van der Waals surface area contributed by atoms with E-state index in [0.717, 1.165) is 11.7 Å². The highest BCUT2D eigenvalue weighted by Gasteiger charge is 2.19. The van der Waals surface area contributed by atoms with E-state index in [1.807, 2.05) is 0 Å². The fourth-order valence-electron chi connectivity index (χ4n) is 0.641. The van der Waals surface area contributed by atoms with Crippen molar-refractivity contribution in [3.8, 4) is 0 Å². The molecule has 1 aliphatic rings. The Kier molecular flexibility index (Phi) is 2.00. The molecule has 0 atom stereocenters. The van der Waals surface area contributed by atoms with Crippen LogP contribution in [0.4, 0.5) is 0 Å². The van der Waals surface area contributed by atoms with Crippen molar-refractivity contribution in [1.29, 1.82) is 0 Å².